The van der Waals surface area contributed by atoms with Crippen LogP contribution in [-0.4, -0.2) is 99.8 Å². The van der Waals surface area contributed by atoms with Gasteiger partial charge in [0.05, 0.1) is 36.6 Å². The number of ether oxygens (including phenoxy) is 4. The first-order valence-electron chi connectivity index (χ1n) is 12.0. The Morgan fingerprint density at radius 2 is 1.84 bits per heavy atom. The normalized spacial score (nSPS) is 61.6. The molecular formula is C24H39NO6. The molecule has 13 atom stereocenters. The van der Waals surface area contributed by atoms with Crippen LogP contribution in [-0.2, 0) is 18.9 Å². The molecule has 0 amide bonds. The van der Waals surface area contributed by atoms with E-state index < -0.39 is 11.7 Å². The third-order valence-electron chi connectivity index (χ3n) is 11.1. The fourth-order valence-electron chi connectivity index (χ4n) is 10.9. The van der Waals surface area contributed by atoms with Gasteiger partial charge in [-0.05, 0) is 32.2 Å². The Bertz CT molecular complexity index is 752. The van der Waals surface area contributed by atoms with Crippen LogP contribution in [0.1, 0.15) is 25.7 Å². The predicted molar refractivity (Wildman–Crippen MR) is 112 cm³/mol. The molecule has 6 rings (SSSR count). The van der Waals surface area contributed by atoms with E-state index in [1.807, 2.05) is 14.2 Å². The number of nitrogens with zero attached hydrogens (tertiary/aromatic N) is 1. The minimum absolute atomic E-state index is 0.0247. The van der Waals surface area contributed by atoms with Gasteiger partial charge >= 0.3 is 0 Å². The molecule has 2 N–H and O–H groups in total. The summed E-state index contributed by atoms with van der Waals surface area (Å²) in [5.74, 6) is 0.303. The predicted octanol–water partition coefficient (Wildman–Crippen LogP) is 0.766. The Kier molecular flexibility index (Phi) is 4.56. The molecule has 0 aromatic rings. The Labute approximate surface area is 185 Å². The highest BCUT2D eigenvalue weighted by molar-refractivity contribution is 5.35. The molecule has 1 spiro atoms. The van der Waals surface area contributed by atoms with E-state index in [0.29, 0.717) is 13.0 Å². The molecule has 7 bridgehead atoms. The molecule has 1 aliphatic heterocycles. The quantitative estimate of drug-likeness (QED) is 0.658. The van der Waals surface area contributed by atoms with E-state index in [4.69, 9.17) is 18.9 Å². The van der Waals surface area contributed by atoms with Crippen molar-refractivity contribution in [2.45, 2.75) is 61.7 Å². The SMILES string of the molecule is COC[C@@]12CC[C@H](OC)C34C(C([C@H](OC)[C@@H]31)C1(O)C[C@H](OC)C3C[C@@H]4[C@@H]1[C@H]3O)N(C)C2. The van der Waals surface area contributed by atoms with Gasteiger partial charge in [-0.2, -0.15) is 0 Å². The summed E-state index contributed by atoms with van der Waals surface area (Å²) < 4.78 is 24.4. The van der Waals surface area contributed by atoms with Crippen molar-refractivity contribution in [3.63, 3.8) is 0 Å². The lowest BCUT2D eigenvalue weighted by atomic mass is 9.43. The molecule has 1 saturated heterocycles. The van der Waals surface area contributed by atoms with Gasteiger partial charge in [-0.25, -0.2) is 0 Å². The van der Waals surface area contributed by atoms with Crippen LogP contribution >= 0.6 is 0 Å². The van der Waals surface area contributed by atoms with Gasteiger partial charge in [0, 0.05) is 81.9 Å². The summed E-state index contributed by atoms with van der Waals surface area (Å²) in [5.41, 5.74) is -1.18. The van der Waals surface area contributed by atoms with E-state index in [9.17, 15) is 10.2 Å². The van der Waals surface area contributed by atoms with Crippen LogP contribution in [0.15, 0.2) is 0 Å². The Balaban J connectivity index is 1.62. The summed E-state index contributed by atoms with van der Waals surface area (Å²) in [4.78, 5) is 2.50. The molecule has 5 saturated carbocycles. The molecule has 7 heteroatoms. The van der Waals surface area contributed by atoms with Crippen molar-refractivity contribution in [3.05, 3.63) is 0 Å². The molecule has 31 heavy (non-hydrogen) atoms. The minimum atomic E-state index is -0.999. The Hall–Kier alpha value is -0.280. The molecule has 0 aromatic carbocycles. The Morgan fingerprint density at radius 3 is 2.48 bits per heavy atom. The summed E-state index contributed by atoms with van der Waals surface area (Å²) >= 11 is 0. The fourth-order valence-corrected chi connectivity index (χ4v) is 10.9. The van der Waals surface area contributed by atoms with E-state index in [2.05, 4.69) is 11.9 Å². The second-order valence-corrected chi connectivity index (χ2v) is 11.6. The van der Waals surface area contributed by atoms with Crippen molar-refractivity contribution < 1.29 is 29.2 Å². The first-order valence-corrected chi connectivity index (χ1v) is 12.0. The molecule has 176 valence electrons. The highest BCUT2D eigenvalue weighted by Crippen LogP contribution is 2.79. The first kappa shape index (κ1) is 21.3. The van der Waals surface area contributed by atoms with E-state index in [0.717, 1.165) is 25.8 Å². The van der Waals surface area contributed by atoms with E-state index >= 15 is 0 Å². The summed E-state index contributed by atoms with van der Waals surface area (Å²) in [6.45, 7) is 1.65. The molecule has 5 unspecified atom stereocenters. The van der Waals surface area contributed by atoms with Crippen LogP contribution < -0.4 is 0 Å². The second kappa shape index (κ2) is 6.65. The van der Waals surface area contributed by atoms with Crippen LogP contribution in [0.4, 0.5) is 0 Å². The number of aliphatic hydroxyl groups is 2. The van der Waals surface area contributed by atoms with Crippen LogP contribution in [0.3, 0.4) is 0 Å². The van der Waals surface area contributed by atoms with Crippen molar-refractivity contribution in [1.29, 1.82) is 0 Å². The second-order valence-electron chi connectivity index (χ2n) is 11.6. The van der Waals surface area contributed by atoms with Crippen LogP contribution in [0.2, 0.25) is 0 Å². The maximum atomic E-state index is 12.5. The lowest BCUT2D eigenvalue weighted by Gasteiger charge is -2.68. The standard InChI is InChI=1S/C24H39NO6/c1-25-10-22(11-28-2)7-6-15(30-4)24-13-8-12-14(29-3)9-23(27,16(13)18(12)26)17(21(24)25)19(31-5)20(22)24/h12-21,26-27H,6-11H2,1-5H3/t12?,13-,14+,15+,16-,17?,18+,19+,20-,21?,22+,23?,24?/m1/s1. The third kappa shape index (κ3) is 2.12. The lowest BCUT2D eigenvalue weighted by Crippen LogP contribution is -2.76. The van der Waals surface area contributed by atoms with Gasteiger partial charge in [-0.15, -0.1) is 0 Å². The molecule has 6 fully saturated rings. The van der Waals surface area contributed by atoms with E-state index in [-0.39, 0.29) is 64.8 Å². The highest BCUT2D eigenvalue weighted by atomic mass is 16.5. The maximum absolute atomic E-state index is 12.5. The van der Waals surface area contributed by atoms with Gasteiger partial charge in [0.15, 0.2) is 0 Å². The number of likely N-dealkylation sites (tertiary alicyclic amines) is 1. The number of hydrogen-bond donors (Lipinski definition) is 2. The van der Waals surface area contributed by atoms with Crippen molar-refractivity contribution >= 4 is 0 Å². The zero-order valence-corrected chi connectivity index (χ0v) is 19.5. The van der Waals surface area contributed by atoms with E-state index in [1.54, 1.807) is 14.2 Å². The summed E-state index contributed by atoms with van der Waals surface area (Å²) in [7, 11) is 9.41. The molecular weight excluding hydrogens is 398 g/mol. The van der Waals surface area contributed by atoms with Gasteiger partial charge in [-0.3, -0.25) is 0 Å². The highest BCUT2D eigenvalue weighted by Gasteiger charge is 2.86. The average molecular weight is 438 g/mol. The number of hydrogen-bond acceptors (Lipinski definition) is 7. The van der Waals surface area contributed by atoms with Crippen molar-refractivity contribution in [2.24, 2.45) is 40.4 Å². The number of methoxy groups -OCH3 is 4. The third-order valence-corrected chi connectivity index (χ3v) is 11.1. The largest absolute Gasteiger partial charge is 0.392 e. The zero-order chi connectivity index (χ0) is 21.9. The van der Waals surface area contributed by atoms with E-state index in [1.165, 1.54) is 0 Å². The molecule has 7 nitrogen and oxygen atoms in total. The van der Waals surface area contributed by atoms with Crippen molar-refractivity contribution in [3.8, 4) is 0 Å². The number of fused-ring (bicyclic) bond motifs is 2. The molecule has 1 heterocycles. The monoisotopic (exact) mass is 437 g/mol. The van der Waals surface area contributed by atoms with Gasteiger partial charge in [-0.1, -0.05) is 0 Å². The fraction of sp³-hybridized carbons (Fsp3) is 1.00. The molecule has 6 aliphatic rings. The molecule has 5 aliphatic carbocycles. The van der Waals surface area contributed by atoms with Crippen molar-refractivity contribution in [2.75, 3.05) is 48.6 Å². The van der Waals surface area contributed by atoms with Gasteiger partial charge in [0.2, 0.25) is 0 Å². The maximum Gasteiger partial charge on any atom is 0.0796 e. The van der Waals surface area contributed by atoms with Crippen LogP contribution in [0.5, 0.6) is 0 Å². The summed E-state index contributed by atoms with van der Waals surface area (Å²) in [6.07, 6.45) is 2.87. The first-order chi connectivity index (χ1) is 14.9. The topological polar surface area (TPSA) is 80.6 Å². The van der Waals surface area contributed by atoms with Gasteiger partial charge in [0.25, 0.3) is 0 Å². The minimum Gasteiger partial charge on any atom is -0.392 e. The lowest BCUT2D eigenvalue weighted by molar-refractivity contribution is -0.273. The van der Waals surface area contributed by atoms with Crippen LogP contribution in [0, 0.1) is 40.4 Å². The number of aliphatic hydroxyl groups excluding tert-OH is 1. The average Bonchev–Trinajstić information content (AvgIpc) is 3.16. The van der Waals surface area contributed by atoms with Crippen molar-refractivity contribution in [1.82, 2.24) is 4.90 Å². The zero-order valence-electron chi connectivity index (χ0n) is 19.5. The molecule has 0 aromatic heterocycles. The van der Waals surface area contributed by atoms with Crippen LogP contribution in [0.25, 0.3) is 0 Å². The van der Waals surface area contributed by atoms with Gasteiger partial charge < -0.3 is 34.1 Å². The summed E-state index contributed by atoms with van der Waals surface area (Å²) in [6, 6.07) is 0.172. The number of rotatable bonds is 5. The summed E-state index contributed by atoms with van der Waals surface area (Å²) in [5, 5.41) is 24.0. The smallest absolute Gasteiger partial charge is 0.0796 e. The van der Waals surface area contributed by atoms with Gasteiger partial charge in [0.1, 0.15) is 0 Å². The number of piperidine rings is 1. The molecule has 0 radical (unpaired) electrons. The Morgan fingerprint density at radius 1 is 1.06 bits per heavy atom.